The quantitative estimate of drug-likeness (QED) is 0.723. The first-order chi connectivity index (χ1) is 8.44. The molecule has 0 atom stereocenters. The fourth-order valence-electron chi connectivity index (χ4n) is 2.02. The second-order valence-corrected chi connectivity index (χ2v) is 6.18. The molecule has 104 valence electrons. The van der Waals surface area contributed by atoms with Crippen LogP contribution in [0.1, 0.15) is 46.9 Å². The summed E-state index contributed by atoms with van der Waals surface area (Å²) in [5, 5.41) is 7.73. The minimum atomic E-state index is 0.268. The Kier molecular flexibility index (Phi) is 5.79. The zero-order chi connectivity index (χ0) is 13.6. The molecule has 1 heterocycles. The lowest BCUT2D eigenvalue weighted by Gasteiger charge is -2.24. The van der Waals surface area contributed by atoms with Crippen LogP contribution in [-0.4, -0.2) is 27.9 Å². The number of nitrogens with one attached hydrogen (secondary N) is 1. The van der Waals surface area contributed by atoms with E-state index < -0.39 is 0 Å². The van der Waals surface area contributed by atoms with E-state index in [9.17, 15) is 0 Å². The Bertz CT molecular complexity index is 341. The summed E-state index contributed by atoms with van der Waals surface area (Å²) in [5.41, 5.74) is 0.268. The highest BCUT2D eigenvalue weighted by molar-refractivity contribution is 4.90. The van der Waals surface area contributed by atoms with E-state index in [-0.39, 0.29) is 5.41 Å². The van der Waals surface area contributed by atoms with Crippen molar-refractivity contribution in [1.82, 2.24) is 20.1 Å². The zero-order valence-electron chi connectivity index (χ0n) is 12.5. The molecule has 0 aromatic carbocycles. The van der Waals surface area contributed by atoms with Crippen LogP contribution in [-0.2, 0) is 13.0 Å². The molecule has 0 aliphatic carbocycles. The number of aryl methyl sites for hydroxylation is 1. The largest absolute Gasteiger partial charge is 0.316 e. The molecule has 1 aromatic rings. The first-order valence-corrected chi connectivity index (χ1v) is 7.02. The molecule has 1 aromatic heterocycles. The van der Waals surface area contributed by atoms with Crippen LogP contribution in [0.3, 0.4) is 0 Å². The van der Waals surface area contributed by atoms with E-state index in [1.165, 1.54) is 0 Å². The van der Waals surface area contributed by atoms with Gasteiger partial charge in [0.25, 0.3) is 0 Å². The summed E-state index contributed by atoms with van der Waals surface area (Å²) in [6.45, 7) is 14.3. The molecule has 0 bridgehead atoms. The minimum Gasteiger partial charge on any atom is -0.316 e. The van der Waals surface area contributed by atoms with Gasteiger partial charge >= 0.3 is 0 Å². The number of rotatable bonds is 8. The van der Waals surface area contributed by atoms with E-state index in [1.807, 2.05) is 4.68 Å². The average Bonchev–Trinajstić information content (AvgIpc) is 2.70. The molecule has 0 saturated carbocycles. The van der Waals surface area contributed by atoms with E-state index in [0.29, 0.717) is 0 Å². The molecular formula is C14H28N4. The predicted molar refractivity (Wildman–Crippen MR) is 75.5 cm³/mol. The molecule has 0 fully saturated rings. The van der Waals surface area contributed by atoms with Crippen molar-refractivity contribution in [2.24, 2.45) is 11.3 Å². The SMILES string of the molecule is CCn1ncnc1CC(C)(C)CCNCC(C)C. The van der Waals surface area contributed by atoms with Crippen molar-refractivity contribution in [2.45, 2.75) is 54.0 Å². The van der Waals surface area contributed by atoms with Crippen LogP contribution in [0.5, 0.6) is 0 Å². The molecule has 0 saturated heterocycles. The average molecular weight is 252 g/mol. The smallest absolute Gasteiger partial charge is 0.138 e. The molecule has 4 nitrogen and oxygen atoms in total. The lowest BCUT2D eigenvalue weighted by atomic mass is 9.85. The Morgan fingerprint density at radius 2 is 2.11 bits per heavy atom. The molecule has 1 N–H and O–H groups in total. The molecule has 1 rings (SSSR count). The number of aromatic nitrogens is 3. The van der Waals surface area contributed by atoms with Gasteiger partial charge in [-0.05, 0) is 37.8 Å². The summed E-state index contributed by atoms with van der Waals surface area (Å²) in [6.07, 6.45) is 3.81. The van der Waals surface area contributed by atoms with Crippen molar-refractivity contribution in [3.8, 4) is 0 Å². The third-order valence-electron chi connectivity index (χ3n) is 3.16. The highest BCUT2D eigenvalue weighted by atomic mass is 15.3. The van der Waals surface area contributed by atoms with Gasteiger partial charge in [0, 0.05) is 13.0 Å². The van der Waals surface area contributed by atoms with E-state index in [1.54, 1.807) is 6.33 Å². The van der Waals surface area contributed by atoms with Crippen molar-refractivity contribution in [3.05, 3.63) is 12.2 Å². The monoisotopic (exact) mass is 252 g/mol. The van der Waals surface area contributed by atoms with Gasteiger partial charge in [-0.3, -0.25) is 4.68 Å². The third-order valence-corrected chi connectivity index (χ3v) is 3.16. The fraction of sp³-hybridized carbons (Fsp3) is 0.857. The maximum absolute atomic E-state index is 4.36. The van der Waals surface area contributed by atoms with Crippen LogP contribution in [0, 0.1) is 11.3 Å². The summed E-state index contributed by atoms with van der Waals surface area (Å²) in [7, 11) is 0. The zero-order valence-corrected chi connectivity index (χ0v) is 12.5. The van der Waals surface area contributed by atoms with Crippen LogP contribution < -0.4 is 5.32 Å². The molecule has 0 radical (unpaired) electrons. The maximum Gasteiger partial charge on any atom is 0.138 e. The molecule has 18 heavy (non-hydrogen) atoms. The van der Waals surface area contributed by atoms with E-state index in [0.717, 1.165) is 44.2 Å². The topological polar surface area (TPSA) is 42.7 Å². The third kappa shape index (κ3) is 5.17. The molecule has 0 amide bonds. The summed E-state index contributed by atoms with van der Waals surface area (Å²) in [6, 6.07) is 0. The van der Waals surface area contributed by atoms with Gasteiger partial charge in [-0.2, -0.15) is 5.10 Å². The second-order valence-electron chi connectivity index (χ2n) is 6.18. The minimum absolute atomic E-state index is 0.268. The Morgan fingerprint density at radius 3 is 2.72 bits per heavy atom. The summed E-state index contributed by atoms with van der Waals surface area (Å²) in [5.74, 6) is 1.82. The van der Waals surface area contributed by atoms with Gasteiger partial charge < -0.3 is 5.32 Å². The van der Waals surface area contributed by atoms with Gasteiger partial charge in [-0.25, -0.2) is 4.98 Å². The summed E-state index contributed by atoms with van der Waals surface area (Å²) < 4.78 is 1.99. The summed E-state index contributed by atoms with van der Waals surface area (Å²) in [4.78, 5) is 4.36. The van der Waals surface area contributed by atoms with E-state index >= 15 is 0 Å². The Hall–Kier alpha value is -0.900. The van der Waals surface area contributed by atoms with E-state index in [2.05, 4.69) is 50.0 Å². The highest BCUT2D eigenvalue weighted by Gasteiger charge is 2.20. The Balaban J connectivity index is 2.39. The van der Waals surface area contributed by atoms with Gasteiger partial charge in [-0.15, -0.1) is 0 Å². The van der Waals surface area contributed by atoms with Crippen LogP contribution in [0.2, 0.25) is 0 Å². The van der Waals surface area contributed by atoms with Crippen LogP contribution >= 0.6 is 0 Å². The molecule has 0 aliphatic heterocycles. The predicted octanol–water partition coefficient (Wildman–Crippen LogP) is 2.50. The van der Waals surface area contributed by atoms with Crippen molar-refractivity contribution in [2.75, 3.05) is 13.1 Å². The Labute approximate surface area is 111 Å². The van der Waals surface area contributed by atoms with Crippen molar-refractivity contribution < 1.29 is 0 Å². The summed E-state index contributed by atoms with van der Waals surface area (Å²) >= 11 is 0. The molecule has 0 aliphatic rings. The normalized spacial score (nSPS) is 12.3. The first kappa shape index (κ1) is 15.2. The Morgan fingerprint density at radius 1 is 1.39 bits per heavy atom. The molecule has 0 spiro atoms. The van der Waals surface area contributed by atoms with Crippen molar-refractivity contribution in [3.63, 3.8) is 0 Å². The number of hydrogen-bond donors (Lipinski definition) is 1. The maximum atomic E-state index is 4.36. The van der Waals surface area contributed by atoms with Crippen LogP contribution in [0.15, 0.2) is 6.33 Å². The fourth-order valence-corrected chi connectivity index (χ4v) is 2.02. The number of nitrogens with zero attached hydrogens (tertiary/aromatic N) is 3. The molecular weight excluding hydrogens is 224 g/mol. The van der Waals surface area contributed by atoms with Crippen LogP contribution in [0.25, 0.3) is 0 Å². The molecule has 0 unspecified atom stereocenters. The van der Waals surface area contributed by atoms with Gasteiger partial charge in [-0.1, -0.05) is 27.7 Å². The highest BCUT2D eigenvalue weighted by Crippen LogP contribution is 2.24. The van der Waals surface area contributed by atoms with Gasteiger partial charge in [0.15, 0.2) is 0 Å². The van der Waals surface area contributed by atoms with Crippen LogP contribution in [0.4, 0.5) is 0 Å². The lowest BCUT2D eigenvalue weighted by molar-refractivity contribution is 0.310. The van der Waals surface area contributed by atoms with Crippen molar-refractivity contribution in [1.29, 1.82) is 0 Å². The molecule has 4 heteroatoms. The first-order valence-electron chi connectivity index (χ1n) is 7.02. The van der Waals surface area contributed by atoms with E-state index in [4.69, 9.17) is 0 Å². The number of hydrogen-bond acceptors (Lipinski definition) is 3. The van der Waals surface area contributed by atoms with Gasteiger partial charge in [0.1, 0.15) is 12.2 Å². The van der Waals surface area contributed by atoms with Crippen molar-refractivity contribution >= 4 is 0 Å². The van der Waals surface area contributed by atoms with Gasteiger partial charge in [0.05, 0.1) is 0 Å². The standard InChI is InChI=1S/C14H28N4/c1-6-18-13(16-11-17-18)9-14(4,5)7-8-15-10-12(2)3/h11-12,15H,6-10H2,1-5H3. The lowest BCUT2D eigenvalue weighted by Crippen LogP contribution is -2.27. The van der Waals surface area contributed by atoms with Gasteiger partial charge in [0.2, 0.25) is 0 Å². The second kappa shape index (κ2) is 6.88.